The molecule has 6 nitrogen and oxygen atoms in total. The molecule has 1 fully saturated rings. The predicted molar refractivity (Wildman–Crippen MR) is 97.8 cm³/mol. The largest absolute Gasteiger partial charge is 0.444 e. The van der Waals surface area contributed by atoms with Gasteiger partial charge < -0.3 is 19.3 Å². The number of ether oxygens (including phenoxy) is 1. The summed E-state index contributed by atoms with van der Waals surface area (Å²) in [4.78, 5) is 18.4. The molecule has 1 saturated heterocycles. The van der Waals surface area contributed by atoms with Gasteiger partial charge in [0.05, 0.1) is 30.8 Å². The van der Waals surface area contributed by atoms with Gasteiger partial charge in [0.1, 0.15) is 11.2 Å². The van der Waals surface area contributed by atoms with Gasteiger partial charge in [0.2, 0.25) is 0 Å². The van der Waals surface area contributed by atoms with Gasteiger partial charge in [-0.1, -0.05) is 24.3 Å². The smallest absolute Gasteiger partial charge is 0.410 e. The molecule has 0 radical (unpaired) electrons. The molecule has 1 amide bonds. The Balaban J connectivity index is 1.66. The summed E-state index contributed by atoms with van der Waals surface area (Å²) in [5, 5.41) is 11.6. The van der Waals surface area contributed by atoms with Crippen molar-refractivity contribution in [3.05, 3.63) is 42.4 Å². The van der Waals surface area contributed by atoms with Crippen LogP contribution >= 0.6 is 0 Å². The van der Waals surface area contributed by atoms with Crippen molar-refractivity contribution in [1.82, 2.24) is 14.5 Å². The first-order valence-corrected chi connectivity index (χ1v) is 9.10. The molecule has 0 saturated carbocycles. The van der Waals surface area contributed by atoms with E-state index in [1.807, 2.05) is 43.7 Å². The zero-order valence-corrected chi connectivity index (χ0v) is 15.5. The van der Waals surface area contributed by atoms with E-state index in [-0.39, 0.29) is 18.7 Å². The monoisotopic (exact) mass is 355 g/mol. The third-order valence-electron chi connectivity index (χ3n) is 5.14. The van der Waals surface area contributed by atoms with Crippen molar-refractivity contribution in [2.24, 2.45) is 0 Å². The number of hydrogen-bond acceptors (Lipinski definition) is 4. The second kappa shape index (κ2) is 5.84. The van der Waals surface area contributed by atoms with E-state index in [4.69, 9.17) is 4.74 Å². The van der Waals surface area contributed by atoms with Crippen LogP contribution < -0.4 is 0 Å². The first kappa shape index (κ1) is 17.1. The van der Waals surface area contributed by atoms with Crippen LogP contribution in [0.3, 0.4) is 0 Å². The van der Waals surface area contributed by atoms with Crippen LogP contribution in [0.4, 0.5) is 4.79 Å². The SMILES string of the molecule is CC(C)(C)OC(=O)N1CCC[C@](O)([C@H]2c3ccccc3-c3cncn32)C1. The van der Waals surface area contributed by atoms with Crippen LogP contribution in [0.1, 0.15) is 45.2 Å². The number of nitrogens with zero attached hydrogens (tertiary/aromatic N) is 3. The van der Waals surface area contributed by atoms with Crippen LogP contribution in [0.25, 0.3) is 11.3 Å². The van der Waals surface area contributed by atoms with Crippen LogP contribution in [0, 0.1) is 0 Å². The Bertz CT molecular complexity index is 839. The van der Waals surface area contributed by atoms with Crippen LogP contribution in [0.5, 0.6) is 0 Å². The van der Waals surface area contributed by atoms with Crippen molar-refractivity contribution in [3.8, 4) is 11.3 Å². The van der Waals surface area contributed by atoms with E-state index in [1.165, 1.54) is 0 Å². The summed E-state index contributed by atoms with van der Waals surface area (Å²) in [5.41, 5.74) is 1.58. The number of amides is 1. The second-order valence-corrected chi connectivity index (χ2v) is 8.28. The Labute approximate surface area is 153 Å². The highest BCUT2D eigenvalue weighted by molar-refractivity contribution is 5.70. The number of β-amino-alcohol motifs (C(OH)–C–C–N with tert-alkyl or cyclic N) is 1. The van der Waals surface area contributed by atoms with E-state index < -0.39 is 11.2 Å². The van der Waals surface area contributed by atoms with Crippen molar-refractivity contribution in [3.63, 3.8) is 0 Å². The molecule has 2 atom stereocenters. The van der Waals surface area contributed by atoms with E-state index in [0.29, 0.717) is 13.0 Å². The molecule has 2 aliphatic heterocycles. The fraction of sp³-hybridized carbons (Fsp3) is 0.500. The highest BCUT2D eigenvalue weighted by Crippen LogP contribution is 2.47. The van der Waals surface area contributed by atoms with Gasteiger partial charge in [0.25, 0.3) is 0 Å². The molecule has 4 rings (SSSR count). The van der Waals surface area contributed by atoms with E-state index in [2.05, 4.69) is 17.1 Å². The fourth-order valence-corrected chi connectivity index (χ4v) is 4.16. The van der Waals surface area contributed by atoms with Gasteiger partial charge >= 0.3 is 6.09 Å². The van der Waals surface area contributed by atoms with Crippen LogP contribution in [-0.4, -0.2) is 49.9 Å². The maximum atomic E-state index is 12.5. The molecule has 0 aliphatic carbocycles. The summed E-state index contributed by atoms with van der Waals surface area (Å²) in [6.07, 6.45) is 4.59. The van der Waals surface area contributed by atoms with E-state index in [0.717, 1.165) is 23.2 Å². The molecule has 0 unspecified atom stereocenters. The molecule has 1 aromatic heterocycles. The molecule has 1 aromatic carbocycles. The molecule has 6 heteroatoms. The summed E-state index contributed by atoms with van der Waals surface area (Å²) < 4.78 is 7.54. The van der Waals surface area contributed by atoms with Gasteiger partial charge in [-0.15, -0.1) is 0 Å². The highest BCUT2D eigenvalue weighted by Gasteiger charge is 2.47. The zero-order chi connectivity index (χ0) is 18.5. The Morgan fingerprint density at radius 2 is 2.12 bits per heavy atom. The topological polar surface area (TPSA) is 67.6 Å². The molecule has 26 heavy (non-hydrogen) atoms. The molecule has 2 aromatic rings. The maximum absolute atomic E-state index is 12.5. The van der Waals surface area contributed by atoms with Crippen molar-refractivity contribution >= 4 is 6.09 Å². The van der Waals surface area contributed by atoms with Crippen molar-refractivity contribution in [2.45, 2.75) is 50.9 Å². The lowest BCUT2D eigenvalue weighted by Gasteiger charge is -2.43. The van der Waals surface area contributed by atoms with Gasteiger partial charge in [-0.25, -0.2) is 9.78 Å². The molecular weight excluding hydrogens is 330 g/mol. The number of hydrogen-bond donors (Lipinski definition) is 1. The minimum atomic E-state index is -1.06. The number of benzene rings is 1. The fourth-order valence-electron chi connectivity index (χ4n) is 4.16. The lowest BCUT2D eigenvalue weighted by molar-refractivity contribution is -0.0626. The van der Waals surface area contributed by atoms with Crippen LogP contribution in [0.2, 0.25) is 0 Å². The number of imidazole rings is 1. The van der Waals surface area contributed by atoms with E-state index in [1.54, 1.807) is 11.2 Å². The minimum absolute atomic E-state index is 0.249. The summed E-state index contributed by atoms with van der Waals surface area (Å²) in [5.74, 6) is 0. The number of aliphatic hydroxyl groups is 1. The Kier molecular flexibility index (Phi) is 3.84. The number of piperidine rings is 1. The molecule has 3 heterocycles. The zero-order valence-electron chi connectivity index (χ0n) is 15.5. The van der Waals surface area contributed by atoms with Crippen LogP contribution in [-0.2, 0) is 4.74 Å². The van der Waals surface area contributed by atoms with Gasteiger partial charge in [0, 0.05) is 12.1 Å². The van der Waals surface area contributed by atoms with Crippen molar-refractivity contribution < 1.29 is 14.6 Å². The van der Waals surface area contributed by atoms with E-state index in [9.17, 15) is 9.90 Å². The molecule has 1 N–H and O–H groups in total. The molecule has 138 valence electrons. The Morgan fingerprint density at radius 1 is 1.35 bits per heavy atom. The maximum Gasteiger partial charge on any atom is 0.410 e. The quantitative estimate of drug-likeness (QED) is 0.853. The van der Waals surface area contributed by atoms with Gasteiger partial charge in [-0.2, -0.15) is 0 Å². The molecule has 0 spiro atoms. The number of fused-ring (bicyclic) bond motifs is 3. The van der Waals surface area contributed by atoms with Crippen molar-refractivity contribution in [2.75, 3.05) is 13.1 Å². The summed E-state index contributed by atoms with van der Waals surface area (Å²) >= 11 is 0. The first-order chi connectivity index (χ1) is 12.3. The number of aromatic nitrogens is 2. The van der Waals surface area contributed by atoms with Gasteiger partial charge in [0.15, 0.2) is 0 Å². The van der Waals surface area contributed by atoms with E-state index >= 15 is 0 Å². The summed E-state index contributed by atoms with van der Waals surface area (Å²) in [7, 11) is 0. The Hall–Kier alpha value is -2.34. The third-order valence-corrected chi connectivity index (χ3v) is 5.14. The number of likely N-dealkylation sites (tertiary alicyclic amines) is 1. The van der Waals surface area contributed by atoms with Crippen LogP contribution in [0.15, 0.2) is 36.8 Å². The summed E-state index contributed by atoms with van der Waals surface area (Å²) in [6, 6.07) is 7.85. The number of carbonyl (C=O) groups excluding carboxylic acids is 1. The Morgan fingerprint density at radius 3 is 2.88 bits per heavy atom. The average Bonchev–Trinajstić information content (AvgIpc) is 3.13. The second-order valence-electron chi connectivity index (χ2n) is 8.28. The first-order valence-electron chi connectivity index (χ1n) is 9.10. The van der Waals surface area contributed by atoms with Gasteiger partial charge in [-0.05, 0) is 39.2 Å². The number of carbonyl (C=O) groups is 1. The average molecular weight is 355 g/mol. The minimum Gasteiger partial charge on any atom is -0.444 e. The third kappa shape index (κ3) is 2.78. The normalized spacial score (nSPS) is 24.9. The number of rotatable bonds is 1. The molecule has 0 bridgehead atoms. The van der Waals surface area contributed by atoms with Gasteiger partial charge in [-0.3, -0.25) is 0 Å². The lowest BCUT2D eigenvalue weighted by Crippen LogP contribution is -2.55. The predicted octanol–water partition coefficient (Wildman–Crippen LogP) is 3.21. The lowest BCUT2D eigenvalue weighted by atomic mass is 9.82. The highest BCUT2D eigenvalue weighted by atomic mass is 16.6. The standard InChI is InChI=1S/C20H25N3O3/c1-19(2,3)26-18(24)22-10-6-9-20(25,12-22)17-15-8-5-4-7-14(15)16-11-21-13-23(16)17/h4-5,7-8,11,13,17,25H,6,9-10,12H2,1-3H3/t17-,20-/m1/s1. The molecular formula is C20H25N3O3. The van der Waals surface area contributed by atoms with Crippen molar-refractivity contribution in [1.29, 1.82) is 0 Å². The summed E-state index contributed by atoms with van der Waals surface area (Å²) in [6.45, 7) is 6.41. The molecule has 2 aliphatic rings.